The van der Waals surface area contributed by atoms with E-state index in [1.807, 2.05) is 30.3 Å². The first-order chi connectivity index (χ1) is 39.1. The van der Waals surface area contributed by atoms with Gasteiger partial charge in [-0.15, -0.1) is 0 Å². The molecule has 10 N–H and O–H groups in total. The number of pyridine rings is 1. The lowest BCUT2D eigenvalue weighted by Crippen LogP contribution is -2.52. The van der Waals surface area contributed by atoms with E-state index in [0.29, 0.717) is 36.1 Å². The monoisotopic (exact) mass is 1150 g/mol. The molecule has 1 aromatic heterocycles. The molecule has 1 unspecified atom stereocenters. The number of carbonyl (C=O) groups is 11. The Morgan fingerprint density at radius 3 is 1.67 bits per heavy atom. The molecule has 82 heavy (non-hydrogen) atoms. The second-order valence-corrected chi connectivity index (χ2v) is 20.1. The lowest BCUT2D eigenvalue weighted by Gasteiger charge is -2.35. The number of urea groups is 1. The van der Waals surface area contributed by atoms with Gasteiger partial charge in [0.05, 0.1) is 31.9 Å². The fraction of sp³-hybridized carbons (Fsp3) is 0.527. The van der Waals surface area contributed by atoms with E-state index in [2.05, 4.69) is 26.3 Å². The van der Waals surface area contributed by atoms with Crippen LogP contribution in [0.5, 0.6) is 0 Å². The molecule has 448 valence electrons. The SMILES string of the molecule is CC(=O)CC[C@@H](NC(=O)N[C@H](CCCCN(Cc1nccc2ccccc12)C(=O)c1ccc(CNC(=O)CCCCNC(=O)CCC(C(=O)O)N2CCN(CC(=O)O)CCN(CC(=O)O)CCN(CC(=O)O)CC2)cc1)C(=O)O)C(=O)O. The molecule has 0 radical (unpaired) electrons. The van der Waals surface area contributed by atoms with Gasteiger partial charge in [-0.1, -0.05) is 36.4 Å². The van der Waals surface area contributed by atoms with Crippen LogP contribution in [0.2, 0.25) is 0 Å². The number of hydrogen-bond acceptors (Lipinski definition) is 16. The van der Waals surface area contributed by atoms with E-state index in [0.717, 1.165) is 10.8 Å². The van der Waals surface area contributed by atoms with Gasteiger partial charge in [-0.2, -0.15) is 0 Å². The second-order valence-electron chi connectivity index (χ2n) is 20.1. The second kappa shape index (κ2) is 34.9. The van der Waals surface area contributed by atoms with Gasteiger partial charge in [0.15, 0.2) is 0 Å². The van der Waals surface area contributed by atoms with Crippen molar-refractivity contribution in [2.45, 2.75) is 102 Å². The zero-order valence-electron chi connectivity index (χ0n) is 46.0. The summed E-state index contributed by atoms with van der Waals surface area (Å²) in [6.07, 6.45) is 2.64. The summed E-state index contributed by atoms with van der Waals surface area (Å²) in [4.78, 5) is 147. The van der Waals surface area contributed by atoms with Gasteiger partial charge in [0, 0.05) is 108 Å². The standard InChI is InChI=1S/C55H76N10O17/c1-37(66)12-17-43(53(78)79)60-55(82)59-42(52(76)77)10-5-7-23-65(33-44-41-9-3-2-8-39(41)20-22-56-44)51(75)40-15-13-38(14-16-40)32-58-46(67)11-4-6-21-57-47(68)19-18-45(54(80)81)64-30-28-62(35-49(71)72)26-24-61(34-48(69)70)25-27-63(29-31-64)36-50(73)74/h2-3,8-9,13-16,20,22,42-43,45H,4-7,10-12,17-19,21,23-36H2,1H3,(H,57,68)(H,58,67)(H,69,70)(H,71,72)(H,73,74)(H,76,77)(H,78,79)(H,80,81)(H2,59,60,82)/t42-,43-,45?/m1/s1. The number of unbranched alkanes of at least 4 members (excludes halogenated alkanes) is 2. The average molecular weight is 1150 g/mol. The van der Waals surface area contributed by atoms with Crippen molar-refractivity contribution in [3.63, 3.8) is 0 Å². The third-order valence-corrected chi connectivity index (χ3v) is 13.7. The number of fused-ring (bicyclic) bond motifs is 1. The van der Waals surface area contributed by atoms with Crippen molar-refractivity contribution >= 4 is 76.1 Å². The summed E-state index contributed by atoms with van der Waals surface area (Å²) >= 11 is 0. The van der Waals surface area contributed by atoms with Crippen LogP contribution in [0.25, 0.3) is 10.8 Å². The highest BCUT2D eigenvalue weighted by molar-refractivity contribution is 5.95. The number of nitrogens with one attached hydrogen (secondary N) is 4. The van der Waals surface area contributed by atoms with Crippen molar-refractivity contribution in [3.05, 3.63) is 77.6 Å². The van der Waals surface area contributed by atoms with Crippen LogP contribution in [0.15, 0.2) is 60.8 Å². The highest BCUT2D eigenvalue weighted by atomic mass is 16.4. The average Bonchev–Trinajstić information content (AvgIpc) is 3.49. The predicted molar refractivity (Wildman–Crippen MR) is 294 cm³/mol. The number of Topliss-reactive ketones (excluding diaryl/α,β-unsaturated/α-hetero) is 1. The number of ketones is 1. The first kappa shape index (κ1) is 66.4. The highest BCUT2D eigenvalue weighted by Crippen LogP contribution is 2.21. The minimum atomic E-state index is -1.40. The molecule has 1 aliphatic rings. The highest BCUT2D eigenvalue weighted by Gasteiger charge is 2.30. The molecule has 0 saturated carbocycles. The molecule has 2 aromatic carbocycles. The minimum absolute atomic E-state index is 0.0411. The molecular formula is C55H76N10O17. The van der Waals surface area contributed by atoms with Gasteiger partial charge in [0.1, 0.15) is 23.9 Å². The molecule has 0 spiro atoms. The molecule has 2 heterocycles. The number of carboxylic acids is 6. The Balaban J connectivity index is 1.27. The van der Waals surface area contributed by atoms with Crippen LogP contribution in [0.1, 0.15) is 92.7 Å². The third kappa shape index (κ3) is 24.7. The molecule has 5 amide bonds. The van der Waals surface area contributed by atoms with Crippen molar-refractivity contribution in [3.8, 4) is 0 Å². The van der Waals surface area contributed by atoms with E-state index < -0.39 is 65.9 Å². The van der Waals surface area contributed by atoms with Crippen molar-refractivity contribution in [2.24, 2.45) is 0 Å². The molecule has 4 rings (SSSR count). The van der Waals surface area contributed by atoms with Crippen LogP contribution in [0.3, 0.4) is 0 Å². The van der Waals surface area contributed by atoms with Gasteiger partial charge in [-0.25, -0.2) is 14.4 Å². The predicted octanol–water partition coefficient (Wildman–Crippen LogP) is 1.23. The van der Waals surface area contributed by atoms with Gasteiger partial charge in [0.25, 0.3) is 5.91 Å². The molecule has 0 bridgehead atoms. The molecule has 1 aliphatic heterocycles. The van der Waals surface area contributed by atoms with E-state index in [-0.39, 0.29) is 161 Å². The zero-order valence-corrected chi connectivity index (χ0v) is 46.0. The number of rotatable bonds is 33. The molecule has 1 fully saturated rings. The first-order valence-corrected chi connectivity index (χ1v) is 27.1. The minimum Gasteiger partial charge on any atom is -0.480 e. The summed E-state index contributed by atoms with van der Waals surface area (Å²) in [7, 11) is 0. The normalized spacial score (nSPS) is 15.1. The van der Waals surface area contributed by atoms with Crippen LogP contribution < -0.4 is 21.3 Å². The molecule has 3 atom stereocenters. The van der Waals surface area contributed by atoms with Crippen molar-refractivity contribution < 1.29 is 83.4 Å². The largest absolute Gasteiger partial charge is 0.480 e. The Labute approximate surface area is 474 Å². The van der Waals surface area contributed by atoms with Crippen molar-refractivity contribution in [1.82, 2.24) is 50.8 Å². The lowest BCUT2D eigenvalue weighted by atomic mass is 10.1. The number of aliphatic carboxylic acids is 6. The van der Waals surface area contributed by atoms with E-state index in [4.69, 9.17) is 0 Å². The topological polar surface area (TPSA) is 386 Å². The van der Waals surface area contributed by atoms with Gasteiger partial charge in [-0.3, -0.25) is 58.1 Å². The number of aromatic nitrogens is 1. The Morgan fingerprint density at radius 1 is 0.573 bits per heavy atom. The van der Waals surface area contributed by atoms with Crippen molar-refractivity contribution in [1.29, 1.82) is 0 Å². The van der Waals surface area contributed by atoms with Crippen LogP contribution in [0.4, 0.5) is 4.79 Å². The van der Waals surface area contributed by atoms with E-state index in [9.17, 15) is 83.4 Å². The number of hydrogen-bond donors (Lipinski definition) is 10. The molecule has 3 aromatic rings. The maximum Gasteiger partial charge on any atom is 0.326 e. The Kier molecular flexibility index (Phi) is 28.2. The summed E-state index contributed by atoms with van der Waals surface area (Å²) in [6.45, 7) is 1.90. The summed E-state index contributed by atoms with van der Waals surface area (Å²) in [5.41, 5.74) is 1.68. The number of nitrogens with zero attached hydrogens (tertiary/aromatic N) is 6. The number of carboxylic acid groups (broad SMARTS) is 6. The van der Waals surface area contributed by atoms with Crippen LogP contribution in [-0.2, 0) is 56.2 Å². The maximum atomic E-state index is 14.1. The summed E-state index contributed by atoms with van der Waals surface area (Å²) < 4.78 is 0. The van der Waals surface area contributed by atoms with Crippen LogP contribution >= 0.6 is 0 Å². The third-order valence-electron chi connectivity index (χ3n) is 13.7. The Bertz CT molecular complexity index is 2640. The van der Waals surface area contributed by atoms with Gasteiger partial charge in [-0.05, 0) is 81.0 Å². The molecule has 0 aliphatic carbocycles. The quantitative estimate of drug-likeness (QED) is 0.0383. The fourth-order valence-electron chi connectivity index (χ4n) is 9.22. The molecule has 27 heteroatoms. The fourth-order valence-corrected chi connectivity index (χ4v) is 9.22. The zero-order chi connectivity index (χ0) is 60.1. The van der Waals surface area contributed by atoms with E-state index >= 15 is 0 Å². The van der Waals surface area contributed by atoms with E-state index in [1.54, 1.807) is 55.0 Å². The molecule has 27 nitrogen and oxygen atoms in total. The van der Waals surface area contributed by atoms with Gasteiger partial charge in [0.2, 0.25) is 11.8 Å². The van der Waals surface area contributed by atoms with Crippen molar-refractivity contribution in [2.75, 3.05) is 85.1 Å². The summed E-state index contributed by atoms with van der Waals surface area (Å²) in [5.74, 6) is -8.56. The number of amides is 5. The van der Waals surface area contributed by atoms with Gasteiger partial charge >= 0.3 is 41.8 Å². The molecular weight excluding hydrogens is 1070 g/mol. The number of benzene rings is 2. The summed E-state index contributed by atoms with van der Waals surface area (Å²) in [6, 6.07) is 11.1. The maximum absolute atomic E-state index is 14.1. The molecule has 1 saturated heterocycles. The first-order valence-electron chi connectivity index (χ1n) is 27.1. The smallest absolute Gasteiger partial charge is 0.326 e. The van der Waals surface area contributed by atoms with Crippen LogP contribution in [-0.4, -0.2) is 229 Å². The Hall–Kier alpha value is -8.14. The Morgan fingerprint density at radius 2 is 1.12 bits per heavy atom. The number of carbonyl (C=O) groups excluding carboxylic acids is 5. The van der Waals surface area contributed by atoms with E-state index in [1.165, 1.54) is 6.92 Å². The van der Waals surface area contributed by atoms with Gasteiger partial charge < -0.3 is 61.6 Å². The lowest BCUT2D eigenvalue weighted by molar-refractivity contribution is -0.145. The van der Waals surface area contributed by atoms with Crippen LogP contribution in [0, 0.1) is 0 Å². The summed E-state index contributed by atoms with van der Waals surface area (Å²) in [5, 5.41) is 69.9.